The third-order valence-corrected chi connectivity index (χ3v) is 5.37. The van der Waals surface area contributed by atoms with Gasteiger partial charge < -0.3 is 15.0 Å². The summed E-state index contributed by atoms with van der Waals surface area (Å²) in [5.74, 6) is -0.707. The minimum atomic E-state index is -0.728. The van der Waals surface area contributed by atoms with Gasteiger partial charge in [0.1, 0.15) is 6.29 Å². The number of Topliss-reactive ketones (excluding diaryl/α,β-unsaturated/α-hetero) is 1. The van der Waals surface area contributed by atoms with Gasteiger partial charge in [-0.25, -0.2) is 0 Å². The van der Waals surface area contributed by atoms with E-state index >= 15 is 0 Å². The number of benzene rings is 2. The van der Waals surface area contributed by atoms with E-state index in [0.29, 0.717) is 24.9 Å². The number of likely N-dealkylation sites (tertiary alicyclic amines) is 1. The van der Waals surface area contributed by atoms with Crippen LogP contribution in [0.1, 0.15) is 41.6 Å². The highest BCUT2D eigenvalue weighted by Crippen LogP contribution is 2.17. The fourth-order valence-corrected chi connectivity index (χ4v) is 3.72. The maximum absolute atomic E-state index is 12.9. The van der Waals surface area contributed by atoms with E-state index < -0.39 is 6.04 Å². The van der Waals surface area contributed by atoms with Crippen LogP contribution in [0.15, 0.2) is 60.7 Å². The molecule has 0 aliphatic carbocycles. The van der Waals surface area contributed by atoms with Crippen molar-refractivity contribution in [3.05, 3.63) is 71.8 Å². The summed E-state index contributed by atoms with van der Waals surface area (Å²) in [5.41, 5.74) is 1.40. The first-order chi connectivity index (χ1) is 14.6. The zero-order chi connectivity index (χ0) is 21.3. The molecule has 0 radical (unpaired) electrons. The highest BCUT2D eigenvalue weighted by atomic mass is 16.2. The van der Waals surface area contributed by atoms with Gasteiger partial charge in [0, 0.05) is 24.9 Å². The van der Waals surface area contributed by atoms with Crippen molar-refractivity contribution in [1.29, 1.82) is 0 Å². The molecule has 0 unspecified atom stereocenters. The Morgan fingerprint density at radius 2 is 1.67 bits per heavy atom. The monoisotopic (exact) mass is 406 g/mol. The topological polar surface area (TPSA) is 83.6 Å². The van der Waals surface area contributed by atoms with Crippen LogP contribution >= 0.6 is 0 Å². The predicted octanol–water partition coefficient (Wildman–Crippen LogP) is 2.57. The molecule has 6 heteroatoms. The molecule has 1 fully saturated rings. The van der Waals surface area contributed by atoms with E-state index in [2.05, 4.69) is 5.32 Å². The molecule has 6 nitrogen and oxygen atoms in total. The van der Waals surface area contributed by atoms with Crippen LogP contribution in [0.3, 0.4) is 0 Å². The number of aldehydes is 1. The SMILES string of the molecule is O=C[C@@H]1CCCN1C(=O)CCC(=O)[C@H](Cc1ccccc1)NC(=O)c1ccccc1. The fourth-order valence-electron chi connectivity index (χ4n) is 3.72. The highest BCUT2D eigenvalue weighted by molar-refractivity contribution is 5.98. The molecule has 30 heavy (non-hydrogen) atoms. The summed E-state index contributed by atoms with van der Waals surface area (Å²) in [4.78, 5) is 50.7. The first-order valence-corrected chi connectivity index (χ1v) is 10.3. The lowest BCUT2D eigenvalue weighted by atomic mass is 9.98. The molecule has 0 saturated carbocycles. The quantitative estimate of drug-likeness (QED) is 0.649. The van der Waals surface area contributed by atoms with Crippen molar-refractivity contribution in [2.24, 2.45) is 0 Å². The Balaban J connectivity index is 1.65. The van der Waals surface area contributed by atoms with Crippen LogP contribution < -0.4 is 5.32 Å². The summed E-state index contributed by atoms with van der Waals surface area (Å²) in [6.45, 7) is 0.550. The summed E-state index contributed by atoms with van der Waals surface area (Å²) >= 11 is 0. The van der Waals surface area contributed by atoms with Crippen molar-refractivity contribution in [2.75, 3.05) is 6.54 Å². The molecule has 2 amide bonds. The molecule has 1 aliphatic heterocycles. The van der Waals surface area contributed by atoms with Crippen LogP contribution in [0.2, 0.25) is 0 Å². The van der Waals surface area contributed by atoms with E-state index in [1.54, 1.807) is 29.2 Å². The van der Waals surface area contributed by atoms with E-state index in [4.69, 9.17) is 0 Å². The molecule has 2 atom stereocenters. The zero-order valence-corrected chi connectivity index (χ0v) is 16.8. The molecule has 2 aromatic carbocycles. The van der Waals surface area contributed by atoms with Gasteiger partial charge in [0.05, 0.1) is 12.1 Å². The largest absolute Gasteiger partial charge is 0.342 e. The molecule has 1 heterocycles. The molecule has 156 valence electrons. The Kier molecular flexibility index (Phi) is 7.49. The smallest absolute Gasteiger partial charge is 0.251 e. The van der Waals surface area contributed by atoms with Crippen molar-refractivity contribution in [3.8, 4) is 0 Å². The number of hydrogen-bond donors (Lipinski definition) is 1. The van der Waals surface area contributed by atoms with Crippen LogP contribution in [0.25, 0.3) is 0 Å². The van der Waals surface area contributed by atoms with Crippen molar-refractivity contribution >= 4 is 23.9 Å². The lowest BCUT2D eigenvalue weighted by Crippen LogP contribution is -2.43. The van der Waals surface area contributed by atoms with Crippen LogP contribution in [0.4, 0.5) is 0 Å². The fraction of sp³-hybridized carbons (Fsp3) is 0.333. The van der Waals surface area contributed by atoms with Gasteiger partial charge in [0.2, 0.25) is 5.91 Å². The number of ketones is 1. The second-order valence-corrected chi connectivity index (χ2v) is 7.48. The minimum absolute atomic E-state index is 0.0213. The second kappa shape index (κ2) is 10.5. The number of carbonyl (C=O) groups is 4. The lowest BCUT2D eigenvalue weighted by Gasteiger charge is -2.21. The summed E-state index contributed by atoms with van der Waals surface area (Å²) in [5, 5.41) is 2.83. The summed E-state index contributed by atoms with van der Waals surface area (Å²) in [7, 11) is 0. The van der Waals surface area contributed by atoms with E-state index in [9.17, 15) is 19.2 Å². The standard InChI is InChI=1S/C24H26N2O4/c27-17-20-12-7-15-26(20)23(29)14-13-22(28)21(16-18-8-3-1-4-9-18)25-24(30)19-10-5-2-6-11-19/h1-6,8-11,17,20-21H,7,12-16H2,(H,25,30)/t20-,21-/m0/s1. The number of carbonyl (C=O) groups excluding carboxylic acids is 4. The molecule has 1 aliphatic rings. The van der Waals surface area contributed by atoms with Crippen molar-refractivity contribution in [2.45, 2.75) is 44.2 Å². The Morgan fingerprint density at radius 3 is 2.33 bits per heavy atom. The molecule has 1 saturated heterocycles. The third kappa shape index (κ3) is 5.63. The van der Waals surface area contributed by atoms with Gasteiger partial charge in [-0.15, -0.1) is 0 Å². The summed E-state index contributed by atoms with van der Waals surface area (Å²) in [6, 6.07) is 17.1. The average molecular weight is 406 g/mol. The maximum atomic E-state index is 12.9. The minimum Gasteiger partial charge on any atom is -0.342 e. The van der Waals surface area contributed by atoms with Gasteiger partial charge >= 0.3 is 0 Å². The Bertz CT molecular complexity index is 883. The summed E-state index contributed by atoms with van der Waals surface area (Å²) < 4.78 is 0. The molecular weight excluding hydrogens is 380 g/mol. The molecule has 2 aromatic rings. The molecule has 0 spiro atoms. The van der Waals surface area contributed by atoms with Crippen LogP contribution in [0, 0.1) is 0 Å². The number of amides is 2. The number of nitrogens with one attached hydrogen (secondary N) is 1. The van der Waals surface area contributed by atoms with Gasteiger partial charge in [0.25, 0.3) is 5.91 Å². The van der Waals surface area contributed by atoms with Gasteiger partial charge in [-0.3, -0.25) is 14.4 Å². The molecule has 0 aromatic heterocycles. The normalized spacial score (nSPS) is 16.7. The van der Waals surface area contributed by atoms with Crippen LogP contribution in [0.5, 0.6) is 0 Å². The van der Waals surface area contributed by atoms with Crippen molar-refractivity contribution in [3.63, 3.8) is 0 Å². The third-order valence-electron chi connectivity index (χ3n) is 5.37. The van der Waals surface area contributed by atoms with E-state index in [0.717, 1.165) is 18.3 Å². The number of nitrogens with zero attached hydrogens (tertiary/aromatic N) is 1. The Hall–Kier alpha value is -3.28. The van der Waals surface area contributed by atoms with Crippen molar-refractivity contribution < 1.29 is 19.2 Å². The van der Waals surface area contributed by atoms with Gasteiger partial charge in [-0.05, 0) is 37.0 Å². The van der Waals surface area contributed by atoms with Gasteiger partial charge in [-0.2, -0.15) is 0 Å². The molecule has 0 bridgehead atoms. The van der Waals surface area contributed by atoms with Crippen LogP contribution in [-0.2, 0) is 20.8 Å². The summed E-state index contributed by atoms with van der Waals surface area (Å²) in [6.07, 6.45) is 2.68. The van der Waals surface area contributed by atoms with E-state index in [1.165, 1.54) is 0 Å². The predicted molar refractivity (Wildman–Crippen MR) is 113 cm³/mol. The molecular formula is C24H26N2O4. The molecule has 1 N–H and O–H groups in total. The van der Waals surface area contributed by atoms with E-state index in [-0.39, 0.29) is 36.5 Å². The highest BCUT2D eigenvalue weighted by Gasteiger charge is 2.29. The second-order valence-electron chi connectivity index (χ2n) is 7.48. The zero-order valence-electron chi connectivity index (χ0n) is 16.8. The first-order valence-electron chi connectivity index (χ1n) is 10.3. The number of hydrogen-bond acceptors (Lipinski definition) is 4. The van der Waals surface area contributed by atoms with Crippen LogP contribution in [-0.4, -0.2) is 47.4 Å². The first kappa shape index (κ1) is 21.4. The lowest BCUT2D eigenvalue weighted by molar-refractivity contribution is -0.136. The Labute approximate surface area is 176 Å². The van der Waals surface area contributed by atoms with Gasteiger partial charge in [0.15, 0.2) is 5.78 Å². The number of rotatable bonds is 9. The van der Waals surface area contributed by atoms with E-state index in [1.807, 2.05) is 36.4 Å². The molecule has 3 rings (SSSR count). The Morgan fingerprint density at radius 1 is 1.00 bits per heavy atom. The van der Waals surface area contributed by atoms with Crippen molar-refractivity contribution in [1.82, 2.24) is 10.2 Å². The van der Waals surface area contributed by atoms with Gasteiger partial charge in [-0.1, -0.05) is 48.5 Å². The maximum Gasteiger partial charge on any atom is 0.251 e. The average Bonchev–Trinajstić information content (AvgIpc) is 3.27.